The highest BCUT2D eigenvalue weighted by Crippen LogP contribution is 2.31. The van der Waals surface area contributed by atoms with E-state index in [1.165, 1.54) is 11.3 Å². The van der Waals surface area contributed by atoms with Crippen LogP contribution in [0.15, 0.2) is 6.07 Å². The molecule has 1 heterocycles. The summed E-state index contributed by atoms with van der Waals surface area (Å²) in [7, 11) is 0. The standard InChI is InChI=1S/C11H18N2OS/c1-6(2)10(14)11-8(12)5-9(15-11)13-7(3)4/h5-7,13H,12H2,1-4H3. The highest BCUT2D eigenvalue weighted by atomic mass is 32.1. The Balaban J connectivity index is 2.91. The molecule has 0 aliphatic carbocycles. The van der Waals surface area contributed by atoms with Crippen LogP contribution in [0.1, 0.15) is 37.4 Å². The van der Waals surface area contributed by atoms with Crippen molar-refractivity contribution >= 4 is 27.8 Å². The number of nitrogens with two attached hydrogens (primary N) is 1. The monoisotopic (exact) mass is 226 g/mol. The average molecular weight is 226 g/mol. The highest BCUT2D eigenvalue weighted by Gasteiger charge is 2.17. The Morgan fingerprint density at radius 1 is 1.40 bits per heavy atom. The number of anilines is 2. The number of ketones is 1. The second kappa shape index (κ2) is 4.66. The molecule has 1 rings (SSSR count). The Morgan fingerprint density at radius 2 is 2.00 bits per heavy atom. The summed E-state index contributed by atoms with van der Waals surface area (Å²) < 4.78 is 0. The zero-order valence-electron chi connectivity index (χ0n) is 9.63. The fraction of sp³-hybridized carbons (Fsp3) is 0.545. The molecular weight excluding hydrogens is 208 g/mol. The van der Waals surface area contributed by atoms with E-state index in [9.17, 15) is 4.79 Å². The summed E-state index contributed by atoms with van der Waals surface area (Å²) in [4.78, 5) is 12.4. The van der Waals surface area contributed by atoms with Gasteiger partial charge in [0.05, 0.1) is 15.6 Å². The molecule has 0 spiro atoms. The molecule has 84 valence electrons. The van der Waals surface area contributed by atoms with Gasteiger partial charge >= 0.3 is 0 Å². The molecule has 0 fully saturated rings. The summed E-state index contributed by atoms with van der Waals surface area (Å²) in [5.41, 5.74) is 6.39. The lowest BCUT2D eigenvalue weighted by Gasteiger charge is -2.05. The van der Waals surface area contributed by atoms with E-state index in [4.69, 9.17) is 5.73 Å². The second-order valence-electron chi connectivity index (χ2n) is 4.21. The quantitative estimate of drug-likeness (QED) is 0.776. The predicted molar refractivity (Wildman–Crippen MR) is 66.7 cm³/mol. The van der Waals surface area contributed by atoms with Crippen molar-refractivity contribution in [3.05, 3.63) is 10.9 Å². The van der Waals surface area contributed by atoms with Crippen LogP contribution in [-0.4, -0.2) is 11.8 Å². The number of Topliss-reactive ketones (excluding diaryl/α,β-unsaturated/α-hetero) is 1. The zero-order valence-corrected chi connectivity index (χ0v) is 10.4. The van der Waals surface area contributed by atoms with E-state index in [1.54, 1.807) is 0 Å². The summed E-state index contributed by atoms with van der Waals surface area (Å²) in [6, 6.07) is 2.19. The van der Waals surface area contributed by atoms with Gasteiger partial charge in [0.1, 0.15) is 0 Å². The number of carbonyl (C=O) groups excluding carboxylic acids is 1. The van der Waals surface area contributed by atoms with Gasteiger partial charge in [-0.25, -0.2) is 0 Å². The van der Waals surface area contributed by atoms with Crippen molar-refractivity contribution in [3.8, 4) is 0 Å². The van der Waals surface area contributed by atoms with E-state index in [0.717, 1.165) is 5.00 Å². The molecule has 1 aromatic heterocycles. The fourth-order valence-corrected chi connectivity index (χ4v) is 2.43. The van der Waals surface area contributed by atoms with Crippen LogP contribution in [0.25, 0.3) is 0 Å². The molecule has 15 heavy (non-hydrogen) atoms. The van der Waals surface area contributed by atoms with E-state index in [-0.39, 0.29) is 11.7 Å². The van der Waals surface area contributed by atoms with Crippen LogP contribution in [0.5, 0.6) is 0 Å². The van der Waals surface area contributed by atoms with Crippen LogP contribution in [0.4, 0.5) is 10.7 Å². The van der Waals surface area contributed by atoms with Crippen LogP contribution < -0.4 is 11.1 Å². The van der Waals surface area contributed by atoms with Crippen LogP contribution in [-0.2, 0) is 0 Å². The van der Waals surface area contributed by atoms with Gasteiger partial charge in [-0.3, -0.25) is 4.79 Å². The van der Waals surface area contributed by atoms with Gasteiger partial charge < -0.3 is 11.1 Å². The van der Waals surface area contributed by atoms with Crippen molar-refractivity contribution < 1.29 is 4.79 Å². The molecular formula is C11H18N2OS. The minimum absolute atomic E-state index is 0.00199. The molecule has 1 aromatic rings. The van der Waals surface area contributed by atoms with Gasteiger partial charge in [-0.05, 0) is 19.9 Å². The molecule has 0 radical (unpaired) electrons. The Labute approximate surface area is 94.7 Å². The SMILES string of the molecule is CC(C)Nc1cc(N)c(C(=O)C(C)C)s1. The maximum absolute atomic E-state index is 11.8. The van der Waals surface area contributed by atoms with E-state index in [1.807, 2.05) is 19.9 Å². The molecule has 0 bridgehead atoms. The predicted octanol–water partition coefficient (Wildman–Crippen LogP) is 2.99. The number of carbonyl (C=O) groups is 1. The first kappa shape index (κ1) is 12.0. The molecule has 0 amide bonds. The van der Waals surface area contributed by atoms with Crippen LogP contribution in [0.2, 0.25) is 0 Å². The summed E-state index contributed by atoms with van der Waals surface area (Å²) in [6.45, 7) is 7.88. The first-order valence-corrected chi connectivity index (χ1v) is 5.93. The Bertz CT molecular complexity index is 355. The average Bonchev–Trinajstić information content (AvgIpc) is 2.44. The van der Waals surface area contributed by atoms with Crippen molar-refractivity contribution in [2.24, 2.45) is 5.92 Å². The lowest BCUT2D eigenvalue weighted by atomic mass is 10.1. The molecule has 0 saturated heterocycles. The van der Waals surface area contributed by atoms with Crippen molar-refractivity contribution in [2.75, 3.05) is 11.1 Å². The number of hydrogen-bond acceptors (Lipinski definition) is 4. The first-order valence-electron chi connectivity index (χ1n) is 5.12. The van der Waals surface area contributed by atoms with Crippen molar-refractivity contribution in [3.63, 3.8) is 0 Å². The Kier molecular flexibility index (Phi) is 3.74. The number of hydrogen-bond donors (Lipinski definition) is 2. The third kappa shape index (κ3) is 2.96. The molecule has 3 nitrogen and oxygen atoms in total. The molecule has 0 unspecified atom stereocenters. The van der Waals surface area contributed by atoms with Gasteiger partial charge in [-0.1, -0.05) is 13.8 Å². The lowest BCUT2D eigenvalue weighted by molar-refractivity contribution is 0.0944. The van der Waals surface area contributed by atoms with Crippen molar-refractivity contribution in [1.29, 1.82) is 0 Å². The largest absolute Gasteiger partial charge is 0.397 e. The summed E-state index contributed by atoms with van der Waals surface area (Å²) in [5.74, 6) is 0.118. The zero-order chi connectivity index (χ0) is 11.6. The molecule has 0 saturated carbocycles. The maximum atomic E-state index is 11.8. The van der Waals surface area contributed by atoms with Gasteiger partial charge in [0.15, 0.2) is 5.78 Å². The van der Waals surface area contributed by atoms with Crippen LogP contribution in [0, 0.1) is 5.92 Å². The summed E-state index contributed by atoms with van der Waals surface area (Å²) in [5, 5.41) is 4.21. The Hall–Kier alpha value is -1.03. The summed E-state index contributed by atoms with van der Waals surface area (Å²) in [6.07, 6.45) is 0. The van der Waals surface area contributed by atoms with E-state index in [2.05, 4.69) is 19.2 Å². The minimum Gasteiger partial charge on any atom is -0.397 e. The van der Waals surface area contributed by atoms with Gasteiger partial charge in [0.2, 0.25) is 0 Å². The second-order valence-corrected chi connectivity index (χ2v) is 5.27. The number of nitrogens with one attached hydrogen (secondary N) is 1. The molecule has 0 aliphatic rings. The van der Waals surface area contributed by atoms with Crippen molar-refractivity contribution in [2.45, 2.75) is 33.7 Å². The normalized spacial score (nSPS) is 11.1. The summed E-state index contributed by atoms with van der Waals surface area (Å²) >= 11 is 1.44. The van der Waals surface area contributed by atoms with Gasteiger partial charge in [0, 0.05) is 12.0 Å². The van der Waals surface area contributed by atoms with E-state index in [0.29, 0.717) is 16.6 Å². The minimum atomic E-state index is -0.00199. The lowest BCUT2D eigenvalue weighted by Crippen LogP contribution is -2.08. The van der Waals surface area contributed by atoms with Gasteiger partial charge in [0.25, 0.3) is 0 Å². The topological polar surface area (TPSA) is 55.1 Å². The smallest absolute Gasteiger partial charge is 0.177 e. The number of thiophene rings is 1. The number of nitrogen functional groups attached to an aromatic ring is 1. The van der Waals surface area contributed by atoms with Crippen LogP contribution in [0.3, 0.4) is 0 Å². The van der Waals surface area contributed by atoms with Gasteiger partial charge in [-0.15, -0.1) is 11.3 Å². The van der Waals surface area contributed by atoms with Gasteiger partial charge in [-0.2, -0.15) is 0 Å². The molecule has 3 N–H and O–H groups in total. The fourth-order valence-electron chi connectivity index (χ4n) is 1.22. The number of rotatable bonds is 4. The third-order valence-corrected chi connectivity index (χ3v) is 3.04. The first-order chi connectivity index (χ1) is 6.91. The molecule has 0 atom stereocenters. The molecule has 4 heteroatoms. The highest BCUT2D eigenvalue weighted by molar-refractivity contribution is 7.18. The van der Waals surface area contributed by atoms with Crippen molar-refractivity contribution in [1.82, 2.24) is 0 Å². The molecule has 0 aliphatic heterocycles. The van der Waals surface area contributed by atoms with E-state index >= 15 is 0 Å². The Morgan fingerprint density at radius 3 is 2.47 bits per heavy atom. The van der Waals surface area contributed by atoms with Crippen LogP contribution >= 0.6 is 11.3 Å². The maximum Gasteiger partial charge on any atom is 0.177 e. The van der Waals surface area contributed by atoms with E-state index < -0.39 is 0 Å². The third-order valence-electron chi connectivity index (χ3n) is 1.94. The molecule has 0 aromatic carbocycles.